The summed E-state index contributed by atoms with van der Waals surface area (Å²) in [6, 6.07) is -0.148. The molecule has 1 aromatic heterocycles. The molecule has 0 aromatic carbocycles. The summed E-state index contributed by atoms with van der Waals surface area (Å²) in [4.78, 5) is 0. The van der Waals surface area contributed by atoms with Crippen LogP contribution in [0.15, 0.2) is 10.7 Å². The summed E-state index contributed by atoms with van der Waals surface area (Å²) >= 11 is 3.47. The number of nitrogens with one attached hydrogen (secondary N) is 1. The number of halogens is 1. The van der Waals surface area contributed by atoms with Crippen molar-refractivity contribution in [3.05, 3.63) is 16.4 Å². The summed E-state index contributed by atoms with van der Waals surface area (Å²) < 4.78 is 18.2. The zero-order valence-corrected chi connectivity index (χ0v) is 12.9. The summed E-state index contributed by atoms with van der Waals surface area (Å²) in [5.74, 6) is 5.59. The third-order valence-corrected chi connectivity index (χ3v) is 3.20. The van der Waals surface area contributed by atoms with Gasteiger partial charge in [0.05, 0.1) is 55.4 Å². The second-order valence-corrected chi connectivity index (χ2v) is 4.73. The maximum atomic E-state index is 5.59. The van der Waals surface area contributed by atoms with Crippen molar-refractivity contribution in [3.63, 3.8) is 0 Å². The van der Waals surface area contributed by atoms with E-state index in [-0.39, 0.29) is 6.04 Å². The molecule has 1 atom stereocenters. The van der Waals surface area contributed by atoms with Crippen molar-refractivity contribution in [2.75, 3.05) is 40.6 Å². The summed E-state index contributed by atoms with van der Waals surface area (Å²) in [6.45, 7) is 2.77. The number of rotatable bonds is 10. The molecule has 0 amide bonds. The highest BCUT2D eigenvalue weighted by Gasteiger charge is 2.19. The van der Waals surface area contributed by atoms with E-state index in [1.54, 1.807) is 20.4 Å². The van der Waals surface area contributed by atoms with E-state index in [0.29, 0.717) is 33.0 Å². The van der Waals surface area contributed by atoms with Gasteiger partial charge in [0.1, 0.15) is 0 Å². The van der Waals surface area contributed by atoms with Crippen LogP contribution in [0.1, 0.15) is 11.7 Å². The van der Waals surface area contributed by atoms with E-state index >= 15 is 0 Å². The van der Waals surface area contributed by atoms with Gasteiger partial charge in [-0.3, -0.25) is 10.5 Å². The second-order valence-electron chi connectivity index (χ2n) is 3.88. The Morgan fingerprint density at radius 2 is 2.11 bits per heavy atom. The Morgan fingerprint density at radius 1 is 1.37 bits per heavy atom. The molecule has 110 valence electrons. The first-order valence-corrected chi connectivity index (χ1v) is 6.76. The van der Waals surface area contributed by atoms with Gasteiger partial charge < -0.3 is 14.2 Å². The maximum Gasteiger partial charge on any atom is 0.0873 e. The van der Waals surface area contributed by atoms with Gasteiger partial charge in [0.2, 0.25) is 0 Å². The minimum Gasteiger partial charge on any atom is -0.383 e. The zero-order chi connectivity index (χ0) is 14.1. The van der Waals surface area contributed by atoms with Crippen molar-refractivity contribution in [1.82, 2.24) is 15.2 Å². The molecule has 8 heteroatoms. The van der Waals surface area contributed by atoms with Gasteiger partial charge in [-0.2, -0.15) is 5.10 Å². The third kappa shape index (κ3) is 5.17. The number of hydrogen-bond acceptors (Lipinski definition) is 6. The molecule has 1 aromatic rings. The van der Waals surface area contributed by atoms with Crippen LogP contribution in [0.4, 0.5) is 0 Å². The minimum atomic E-state index is -0.148. The molecular formula is C11H21BrN4O3. The lowest BCUT2D eigenvalue weighted by atomic mass is 10.2. The normalized spacial score (nSPS) is 12.8. The van der Waals surface area contributed by atoms with Gasteiger partial charge in [-0.1, -0.05) is 0 Å². The number of ether oxygens (including phenoxy) is 3. The van der Waals surface area contributed by atoms with Crippen LogP contribution in [0.3, 0.4) is 0 Å². The summed E-state index contributed by atoms with van der Waals surface area (Å²) in [5, 5.41) is 4.28. The fourth-order valence-corrected chi connectivity index (χ4v) is 2.20. The Balaban J connectivity index is 2.65. The fraction of sp³-hybridized carbons (Fsp3) is 0.727. The van der Waals surface area contributed by atoms with Crippen molar-refractivity contribution in [2.45, 2.75) is 12.6 Å². The van der Waals surface area contributed by atoms with Gasteiger partial charge in [0.15, 0.2) is 0 Å². The topological polar surface area (TPSA) is 83.6 Å². The molecule has 0 saturated heterocycles. The molecule has 0 saturated carbocycles. The van der Waals surface area contributed by atoms with Crippen molar-refractivity contribution in [1.29, 1.82) is 0 Å². The predicted octanol–water partition coefficient (Wildman–Crippen LogP) is 0.459. The average Bonchev–Trinajstić information content (AvgIpc) is 2.78. The molecule has 0 aliphatic carbocycles. The smallest absolute Gasteiger partial charge is 0.0873 e. The fourth-order valence-electron chi connectivity index (χ4n) is 1.62. The number of nitrogens with two attached hydrogens (primary N) is 1. The first kappa shape index (κ1) is 16.5. The van der Waals surface area contributed by atoms with Crippen molar-refractivity contribution in [2.24, 2.45) is 5.84 Å². The predicted molar refractivity (Wildman–Crippen MR) is 74.6 cm³/mol. The Bertz CT molecular complexity index is 362. The summed E-state index contributed by atoms with van der Waals surface area (Å²) in [5.41, 5.74) is 3.68. The minimum absolute atomic E-state index is 0.148. The monoisotopic (exact) mass is 336 g/mol. The first-order valence-electron chi connectivity index (χ1n) is 5.97. The van der Waals surface area contributed by atoms with E-state index in [1.807, 2.05) is 4.68 Å². The molecule has 0 aliphatic heterocycles. The molecule has 7 nitrogen and oxygen atoms in total. The molecular weight excluding hydrogens is 316 g/mol. The molecule has 1 heterocycles. The SMILES string of the molecule is COCCOCC(NN)c1c(Br)cnn1CCOC. The van der Waals surface area contributed by atoms with Crippen LogP contribution in [0, 0.1) is 0 Å². The van der Waals surface area contributed by atoms with E-state index in [4.69, 9.17) is 20.1 Å². The third-order valence-electron chi connectivity index (χ3n) is 2.59. The van der Waals surface area contributed by atoms with Crippen molar-refractivity contribution >= 4 is 15.9 Å². The highest BCUT2D eigenvalue weighted by atomic mass is 79.9. The Kier molecular flexibility index (Phi) is 8.19. The molecule has 1 rings (SSSR count). The van der Waals surface area contributed by atoms with E-state index in [0.717, 1.165) is 10.2 Å². The highest BCUT2D eigenvalue weighted by molar-refractivity contribution is 9.10. The van der Waals surface area contributed by atoms with Gasteiger partial charge in [-0.25, -0.2) is 5.43 Å². The maximum absolute atomic E-state index is 5.59. The van der Waals surface area contributed by atoms with Crippen LogP contribution >= 0.6 is 15.9 Å². The quantitative estimate of drug-likeness (QED) is 0.367. The number of nitrogens with zero attached hydrogens (tertiary/aromatic N) is 2. The Hall–Kier alpha value is -0.510. The average molecular weight is 337 g/mol. The first-order chi connectivity index (χ1) is 9.24. The van der Waals surface area contributed by atoms with Crippen LogP contribution < -0.4 is 11.3 Å². The second kappa shape index (κ2) is 9.40. The van der Waals surface area contributed by atoms with Gasteiger partial charge >= 0.3 is 0 Å². The molecule has 19 heavy (non-hydrogen) atoms. The lowest BCUT2D eigenvalue weighted by Crippen LogP contribution is -2.34. The van der Waals surface area contributed by atoms with Crippen molar-refractivity contribution < 1.29 is 14.2 Å². The van der Waals surface area contributed by atoms with Gasteiger partial charge in [0, 0.05) is 14.2 Å². The van der Waals surface area contributed by atoms with Crippen LogP contribution in [-0.2, 0) is 20.8 Å². The number of methoxy groups -OCH3 is 2. The largest absolute Gasteiger partial charge is 0.383 e. The molecule has 3 N–H and O–H groups in total. The van der Waals surface area contributed by atoms with E-state index in [1.165, 1.54) is 0 Å². The van der Waals surface area contributed by atoms with Crippen LogP contribution in [-0.4, -0.2) is 50.4 Å². The number of aromatic nitrogens is 2. The van der Waals surface area contributed by atoms with Gasteiger partial charge in [-0.05, 0) is 15.9 Å². The molecule has 0 radical (unpaired) electrons. The van der Waals surface area contributed by atoms with Crippen LogP contribution in [0.5, 0.6) is 0 Å². The number of hydrazine groups is 1. The molecule has 0 aliphatic rings. The van der Waals surface area contributed by atoms with Crippen LogP contribution in [0.25, 0.3) is 0 Å². The lowest BCUT2D eigenvalue weighted by Gasteiger charge is -2.18. The molecule has 1 unspecified atom stereocenters. The van der Waals surface area contributed by atoms with E-state index < -0.39 is 0 Å². The van der Waals surface area contributed by atoms with Crippen molar-refractivity contribution in [3.8, 4) is 0 Å². The molecule has 0 spiro atoms. The van der Waals surface area contributed by atoms with Crippen LogP contribution in [0.2, 0.25) is 0 Å². The Labute approximate surface area is 121 Å². The van der Waals surface area contributed by atoms with Gasteiger partial charge in [-0.15, -0.1) is 0 Å². The van der Waals surface area contributed by atoms with Gasteiger partial charge in [0.25, 0.3) is 0 Å². The summed E-state index contributed by atoms with van der Waals surface area (Å²) in [7, 11) is 3.29. The van der Waals surface area contributed by atoms with E-state index in [2.05, 4.69) is 26.5 Å². The Morgan fingerprint density at radius 3 is 2.74 bits per heavy atom. The zero-order valence-electron chi connectivity index (χ0n) is 11.3. The van der Waals surface area contributed by atoms with E-state index in [9.17, 15) is 0 Å². The molecule has 0 fully saturated rings. The molecule has 0 bridgehead atoms. The number of hydrogen-bond donors (Lipinski definition) is 2. The highest BCUT2D eigenvalue weighted by Crippen LogP contribution is 2.23. The standard InChI is InChI=1S/C11H21BrN4O3/c1-17-4-3-16-11(9(12)7-14-16)10(15-13)8-19-6-5-18-2/h7,10,15H,3-6,8,13H2,1-2H3. The lowest BCUT2D eigenvalue weighted by molar-refractivity contribution is 0.0569. The summed E-state index contributed by atoms with van der Waals surface area (Å²) in [6.07, 6.45) is 1.74.